The molecule has 1 aromatic heterocycles. The number of aromatic nitrogens is 2. The predicted molar refractivity (Wildman–Crippen MR) is 132 cm³/mol. The molecule has 1 heterocycles. The molecule has 1 aromatic carbocycles. The molecule has 39 heavy (non-hydrogen) atoms. The summed E-state index contributed by atoms with van der Waals surface area (Å²) in [6.07, 6.45) is -2.57. The van der Waals surface area contributed by atoms with Gasteiger partial charge >= 0.3 is 6.18 Å². The number of alkyl halides is 3. The van der Waals surface area contributed by atoms with E-state index in [-0.39, 0.29) is 36.4 Å². The van der Waals surface area contributed by atoms with Crippen LogP contribution in [0.1, 0.15) is 38.2 Å². The molecule has 2 N–H and O–H groups in total. The molecule has 2 fully saturated rings. The van der Waals surface area contributed by atoms with Crippen LogP contribution in [0.3, 0.4) is 0 Å². The average Bonchev–Trinajstić information content (AvgIpc) is 3.27. The first-order valence-corrected chi connectivity index (χ1v) is 13.9. The number of halogens is 3. The molecule has 0 saturated heterocycles. The Balaban J connectivity index is 1.61. The van der Waals surface area contributed by atoms with Crippen LogP contribution in [0.4, 0.5) is 13.2 Å². The fourth-order valence-electron chi connectivity index (χ4n) is 4.82. The molecule has 4 rings (SSSR count). The second-order valence-electron chi connectivity index (χ2n) is 9.79. The minimum Gasteiger partial charge on any atom is -0.381 e. The predicted octanol–water partition coefficient (Wildman–Crippen LogP) is 2.44. The third kappa shape index (κ3) is 5.94. The normalized spacial score (nSPS) is 22.2. The molecule has 2 aromatic rings. The van der Waals surface area contributed by atoms with Gasteiger partial charge < -0.3 is 15.4 Å². The summed E-state index contributed by atoms with van der Waals surface area (Å²) in [5.74, 6) is -1.79. The van der Waals surface area contributed by atoms with Gasteiger partial charge in [0.15, 0.2) is 9.84 Å². The summed E-state index contributed by atoms with van der Waals surface area (Å²) in [7, 11) is -3.23. The number of amides is 2. The van der Waals surface area contributed by atoms with Crippen LogP contribution in [-0.4, -0.2) is 60.6 Å². The van der Waals surface area contributed by atoms with Crippen molar-refractivity contribution in [2.75, 3.05) is 13.7 Å². The first-order chi connectivity index (χ1) is 18.3. The van der Waals surface area contributed by atoms with Crippen LogP contribution < -0.4 is 10.6 Å². The van der Waals surface area contributed by atoms with Crippen molar-refractivity contribution in [1.29, 1.82) is 5.26 Å². The Kier molecular flexibility index (Phi) is 7.77. The van der Waals surface area contributed by atoms with E-state index in [1.54, 1.807) is 6.92 Å². The third-order valence-corrected chi connectivity index (χ3v) is 9.33. The van der Waals surface area contributed by atoms with E-state index in [0.29, 0.717) is 19.4 Å². The Morgan fingerprint density at radius 1 is 1.26 bits per heavy atom. The SMILES string of the molecule is CCNC(=O)Cn1cc(-c2ccc(S(=O)(=O)[C@@H]3C[C@H](OC)[C@@H](C(=O)NC4(C#N)CC4)C3)c(C(F)(F)F)c2)cn1. The fourth-order valence-corrected chi connectivity index (χ4v) is 6.82. The Morgan fingerprint density at radius 3 is 2.56 bits per heavy atom. The zero-order valence-electron chi connectivity index (χ0n) is 21.3. The zero-order valence-corrected chi connectivity index (χ0v) is 22.1. The van der Waals surface area contributed by atoms with E-state index in [9.17, 15) is 36.4 Å². The van der Waals surface area contributed by atoms with Gasteiger partial charge in [-0.1, -0.05) is 6.07 Å². The number of nitriles is 1. The Labute approximate surface area is 223 Å². The molecule has 0 unspecified atom stereocenters. The number of sulfone groups is 1. The maximum atomic E-state index is 14.1. The average molecular weight is 568 g/mol. The van der Waals surface area contributed by atoms with Crippen molar-refractivity contribution >= 4 is 21.7 Å². The number of benzene rings is 1. The monoisotopic (exact) mass is 567 g/mol. The smallest absolute Gasteiger partial charge is 0.381 e. The highest BCUT2D eigenvalue weighted by Gasteiger charge is 2.51. The summed E-state index contributed by atoms with van der Waals surface area (Å²) in [5.41, 5.74) is -1.95. The van der Waals surface area contributed by atoms with Crippen molar-refractivity contribution in [3.63, 3.8) is 0 Å². The van der Waals surface area contributed by atoms with Crippen molar-refractivity contribution in [2.24, 2.45) is 5.92 Å². The summed E-state index contributed by atoms with van der Waals surface area (Å²) in [4.78, 5) is 23.7. The fraction of sp³-hybridized carbons (Fsp3) is 0.520. The number of nitrogens with zero attached hydrogens (tertiary/aromatic N) is 3. The van der Waals surface area contributed by atoms with Crippen LogP contribution in [-0.2, 0) is 36.9 Å². The highest BCUT2D eigenvalue weighted by molar-refractivity contribution is 7.92. The van der Waals surface area contributed by atoms with E-state index >= 15 is 0 Å². The molecule has 2 aliphatic carbocycles. The lowest BCUT2D eigenvalue weighted by Crippen LogP contribution is -2.42. The lowest BCUT2D eigenvalue weighted by Gasteiger charge is -2.19. The van der Waals surface area contributed by atoms with Gasteiger partial charge in [-0.3, -0.25) is 14.3 Å². The van der Waals surface area contributed by atoms with Gasteiger partial charge in [0, 0.05) is 25.4 Å². The van der Waals surface area contributed by atoms with Crippen molar-refractivity contribution in [2.45, 2.75) is 67.1 Å². The van der Waals surface area contributed by atoms with Crippen LogP contribution in [0.25, 0.3) is 11.1 Å². The number of methoxy groups -OCH3 is 1. The first kappa shape index (κ1) is 28.6. The topological polar surface area (TPSA) is 143 Å². The summed E-state index contributed by atoms with van der Waals surface area (Å²) < 4.78 is 76.1. The molecule has 2 aliphatic rings. The van der Waals surface area contributed by atoms with Crippen molar-refractivity contribution in [3.05, 3.63) is 36.2 Å². The number of likely N-dealkylation sites (N-methyl/N-ethyl adjacent to an activating group) is 1. The molecular weight excluding hydrogens is 539 g/mol. The number of nitrogens with one attached hydrogen (secondary N) is 2. The van der Waals surface area contributed by atoms with Gasteiger partial charge in [0.05, 0.1) is 40.0 Å². The van der Waals surface area contributed by atoms with Crippen LogP contribution >= 0.6 is 0 Å². The molecule has 210 valence electrons. The molecule has 14 heteroatoms. The van der Waals surface area contributed by atoms with Crippen molar-refractivity contribution in [3.8, 4) is 17.2 Å². The molecular formula is C25H28F3N5O5S. The molecule has 2 amide bonds. The Morgan fingerprint density at radius 2 is 1.97 bits per heavy atom. The van der Waals surface area contributed by atoms with E-state index in [4.69, 9.17) is 4.74 Å². The zero-order chi connectivity index (χ0) is 28.6. The molecule has 0 aliphatic heterocycles. The lowest BCUT2D eigenvalue weighted by molar-refractivity contribution is -0.139. The van der Waals surface area contributed by atoms with Gasteiger partial charge in [0.1, 0.15) is 12.1 Å². The Bertz CT molecular complexity index is 1410. The third-order valence-electron chi connectivity index (χ3n) is 7.10. The van der Waals surface area contributed by atoms with E-state index in [1.807, 2.05) is 6.07 Å². The standard InChI is InChI=1S/C25H28F3N5O5S/c1-3-30-22(34)13-33-12-16(11-31-33)15-4-5-21(19(8-15)25(26,27)28)39(36,37)17-9-18(20(10-17)38-2)23(35)32-24(14-29)6-7-24/h4-5,8,11-12,17-18,20H,3,6-7,9-10,13H2,1-2H3,(H,30,34)(H,32,35)/t17-,18-,20-/m0/s1. The molecule has 0 bridgehead atoms. The first-order valence-electron chi connectivity index (χ1n) is 12.3. The van der Waals surface area contributed by atoms with Gasteiger partial charge in [-0.2, -0.15) is 23.5 Å². The minimum atomic E-state index is -4.99. The molecule has 0 spiro atoms. The van der Waals surface area contributed by atoms with Crippen molar-refractivity contribution < 1.29 is 35.9 Å². The number of rotatable bonds is 9. The quantitative estimate of drug-likeness (QED) is 0.474. The van der Waals surface area contributed by atoms with Gasteiger partial charge in [0.25, 0.3) is 0 Å². The Hall–Kier alpha value is -3.44. The maximum Gasteiger partial charge on any atom is 0.417 e. The second kappa shape index (κ2) is 10.6. The van der Waals surface area contributed by atoms with Crippen LogP contribution in [0.5, 0.6) is 0 Å². The minimum absolute atomic E-state index is 0.0769. The number of carbonyl (C=O) groups excluding carboxylic acids is 2. The van der Waals surface area contributed by atoms with Crippen molar-refractivity contribution in [1.82, 2.24) is 20.4 Å². The van der Waals surface area contributed by atoms with Gasteiger partial charge in [0.2, 0.25) is 11.8 Å². The summed E-state index contributed by atoms with van der Waals surface area (Å²) in [6, 6.07) is 4.94. The summed E-state index contributed by atoms with van der Waals surface area (Å²) in [5, 5.41) is 17.2. The molecule has 2 saturated carbocycles. The number of carbonyl (C=O) groups is 2. The largest absolute Gasteiger partial charge is 0.417 e. The number of hydrogen-bond acceptors (Lipinski definition) is 7. The van der Waals surface area contributed by atoms with E-state index in [1.165, 1.54) is 30.3 Å². The van der Waals surface area contributed by atoms with Crippen LogP contribution in [0, 0.1) is 17.2 Å². The van der Waals surface area contributed by atoms with Crippen LogP contribution in [0.2, 0.25) is 0 Å². The summed E-state index contributed by atoms with van der Waals surface area (Å²) in [6.45, 7) is 2.03. The van der Waals surface area contributed by atoms with Gasteiger partial charge in [-0.05, 0) is 50.3 Å². The van der Waals surface area contributed by atoms with E-state index < -0.39 is 55.2 Å². The molecule has 3 atom stereocenters. The van der Waals surface area contributed by atoms with Gasteiger partial charge in [-0.25, -0.2) is 8.42 Å². The number of ether oxygens (including phenoxy) is 1. The van der Waals surface area contributed by atoms with Gasteiger partial charge in [-0.15, -0.1) is 0 Å². The lowest BCUT2D eigenvalue weighted by atomic mass is 10.0. The molecule has 0 radical (unpaired) electrons. The highest BCUT2D eigenvalue weighted by Crippen LogP contribution is 2.43. The van der Waals surface area contributed by atoms with Crippen LogP contribution in [0.15, 0.2) is 35.5 Å². The summed E-state index contributed by atoms with van der Waals surface area (Å²) >= 11 is 0. The molecule has 10 nitrogen and oxygen atoms in total. The van der Waals surface area contributed by atoms with E-state index in [0.717, 1.165) is 12.1 Å². The number of hydrogen-bond donors (Lipinski definition) is 2. The van der Waals surface area contributed by atoms with E-state index in [2.05, 4.69) is 15.7 Å². The second-order valence-corrected chi connectivity index (χ2v) is 12.0. The highest BCUT2D eigenvalue weighted by atomic mass is 32.2. The maximum absolute atomic E-state index is 14.1.